The fraction of sp³-hybridized carbons (Fsp3) is 0.308. The Morgan fingerprint density at radius 1 is 0.828 bits per heavy atom. The van der Waals surface area contributed by atoms with Crippen LogP contribution in [-0.2, 0) is 16.8 Å². The van der Waals surface area contributed by atoms with E-state index in [9.17, 15) is 0 Å². The third kappa shape index (κ3) is 3.98. The van der Waals surface area contributed by atoms with Crippen molar-refractivity contribution < 1.29 is 4.74 Å². The Labute approximate surface area is 180 Å². The van der Waals surface area contributed by atoms with Crippen LogP contribution in [0.5, 0.6) is 0 Å². The van der Waals surface area contributed by atoms with Gasteiger partial charge >= 0.3 is 0 Å². The van der Waals surface area contributed by atoms with Gasteiger partial charge in [-0.1, -0.05) is 66.7 Å². The average molecular weight is 408 g/mol. The van der Waals surface area contributed by atoms with Gasteiger partial charge in [0.05, 0.1) is 0 Å². The number of rotatable bonds is 4. The lowest BCUT2D eigenvalue weighted by Gasteiger charge is -2.45. The maximum absolute atomic E-state index is 6.11. The number of nitrogens with zero attached hydrogens (tertiary/aromatic N) is 1. The standard InChI is InChI=1S/C26H29NO.ClH/c1-26(28-4)24-18-23(15-14-22(24)16-17-25(26)27(2)3)21-12-10-20(11-13-21)19-8-6-5-7-9-19;/h5-15,18,25H,16-17H2,1-4H3;1H. The van der Waals surface area contributed by atoms with Crippen LogP contribution in [0.2, 0.25) is 0 Å². The van der Waals surface area contributed by atoms with Crippen LogP contribution in [0.25, 0.3) is 22.3 Å². The lowest BCUT2D eigenvalue weighted by atomic mass is 9.75. The van der Waals surface area contributed by atoms with E-state index in [0.29, 0.717) is 6.04 Å². The number of likely N-dealkylation sites (N-methyl/N-ethyl adjacent to an activating group) is 1. The lowest BCUT2D eigenvalue weighted by Crippen LogP contribution is -2.50. The van der Waals surface area contributed by atoms with Crippen molar-refractivity contribution in [3.63, 3.8) is 0 Å². The van der Waals surface area contributed by atoms with Crippen molar-refractivity contribution in [2.45, 2.75) is 31.4 Å². The molecular formula is C26H30ClNO. The molecule has 3 aromatic carbocycles. The van der Waals surface area contributed by atoms with Gasteiger partial charge in [-0.2, -0.15) is 0 Å². The molecule has 0 aromatic heterocycles. The van der Waals surface area contributed by atoms with Crippen molar-refractivity contribution >= 4 is 12.4 Å². The van der Waals surface area contributed by atoms with Gasteiger partial charge in [-0.05, 0) is 73.3 Å². The Morgan fingerprint density at radius 3 is 1.97 bits per heavy atom. The van der Waals surface area contributed by atoms with Crippen molar-refractivity contribution in [2.24, 2.45) is 0 Å². The van der Waals surface area contributed by atoms with Gasteiger partial charge in [-0.3, -0.25) is 0 Å². The Kier molecular flexibility index (Phi) is 6.48. The molecule has 0 N–H and O–H groups in total. The Morgan fingerprint density at radius 2 is 1.38 bits per heavy atom. The summed E-state index contributed by atoms with van der Waals surface area (Å²) in [5.41, 5.74) is 7.43. The molecule has 0 aliphatic heterocycles. The molecule has 0 saturated carbocycles. The molecule has 3 heteroatoms. The Bertz CT molecular complexity index is 952. The minimum Gasteiger partial charge on any atom is -0.372 e. The summed E-state index contributed by atoms with van der Waals surface area (Å²) in [4.78, 5) is 2.30. The highest BCUT2D eigenvalue weighted by Gasteiger charge is 2.42. The van der Waals surface area contributed by atoms with Crippen molar-refractivity contribution in [3.05, 3.63) is 83.9 Å². The third-order valence-electron chi connectivity index (χ3n) is 6.34. The molecule has 0 amide bonds. The van der Waals surface area contributed by atoms with E-state index in [2.05, 4.69) is 98.7 Å². The van der Waals surface area contributed by atoms with Crippen molar-refractivity contribution in [1.29, 1.82) is 0 Å². The smallest absolute Gasteiger partial charge is 0.106 e. The molecule has 0 spiro atoms. The van der Waals surface area contributed by atoms with Crippen LogP contribution in [-0.4, -0.2) is 32.1 Å². The predicted octanol–water partition coefficient (Wildman–Crippen LogP) is 6.18. The van der Waals surface area contributed by atoms with Gasteiger partial charge in [0, 0.05) is 13.2 Å². The molecule has 152 valence electrons. The molecule has 3 aromatic rings. The molecule has 29 heavy (non-hydrogen) atoms. The number of benzene rings is 3. The van der Waals surface area contributed by atoms with Crippen LogP contribution < -0.4 is 0 Å². The number of ether oxygens (including phenoxy) is 1. The highest BCUT2D eigenvalue weighted by atomic mass is 35.5. The SMILES string of the molecule is COC1(C)c2cc(-c3ccc(-c4ccccc4)cc3)ccc2CCC1N(C)C.Cl. The normalized spacial score (nSPS) is 20.8. The summed E-state index contributed by atoms with van der Waals surface area (Å²) in [5.74, 6) is 0. The number of hydrogen-bond acceptors (Lipinski definition) is 2. The van der Waals surface area contributed by atoms with E-state index < -0.39 is 0 Å². The van der Waals surface area contributed by atoms with E-state index in [-0.39, 0.29) is 18.0 Å². The van der Waals surface area contributed by atoms with Crippen LogP contribution in [0.15, 0.2) is 72.8 Å². The molecular weight excluding hydrogens is 378 g/mol. The van der Waals surface area contributed by atoms with Crippen LogP contribution in [0, 0.1) is 0 Å². The first kappa shape index (κ1) is 21.6. The van der Waals surface area contributed by atoms with E-state index in [1.165, 1.54) is 33.4 Å². The van der Waals surface area contributed by atoms with E-state index in [1.807, 2.05) is 7.11 Å². The summed E-state index contributed by atoms with van der Waals surface area (Å²) in [5, 5.41) is 0. The highest BCUT2D eigenvalue weighted by Crippen LogP contribution is 2.41. The third-order valence-corrected chi connectivity index (χ3v) is 6.34. The van der Waals surface area contributed by atoms with E-state index in [0.717, 1.165) is 12.8 Å². The quantitative estimate of drug-likeness (QED) is 0.512. The summed E-state index contributed by atoms with van der Waals surface area (Å²) in [6, 6.07) is 26.6. The first-order valence-corrected chi connectivity index (χ1v) is 10.0. The molecule has 2 nitrogen and oxygen atoms in total. The molecule has 0 fully saturated rings. The number of methoxy groups -OCH3 is 1. The fourth-order valence-corrected chi connectivity index (χ4v) is 4.67. The van der Waals surface area contributed by atoms with E-state index >= 15 is 0 Å². The minimum atomic E-state index is -0.295. The zero-order valence-electron chi connectivity index (χ0n) is 17.7. The summed E-state index contributed by atoms with van der Waals surface area (Å²) in [6.45, 7) is 2.23. The molecule has 2 unspecified atom stereocenters. The maximum atomic E-state index is 6.11. The molecule has 0 radical (unpaired) electrons. The van der Waals surface area contributed by atoms with Gasteiger partial charge in [-0.25, -0.2) is 0 Å². The average Bonchev–Trinajstić information content (AvgIpc) is 2.74. The van der Waals surface area contributed by atoms with E-state index in [4.69, 9.17) is 4.74 Å². The molecule has 2 atom stereocenters. The number of hydrogen-bond donors (Lipinski definition) is 0. The van der Waals surface area contributed by atoms with Crippen LogP contribution >= 0.6 is 12.4 Å². The molecule has 1 aliphatic rings. The minimum absolute atomic E-state index is 0. The number of fused-ring (bicyclic) bond motifs is 1. The van der Waals surface area contributed by atoms with Crippen molar-refractivity contribution in [3.8, 4) is 22.3 Å². The van der Waals surface area contributed by atoms with Crippen molar-refractivity contribution in [2.75, 3.05) is 21.2 Å². The van der Waals surface area contributed by atoms with Crippen LogP contribution in [0.1, 0.15) is 24.5 Å². The monoisotopic (exact) mass is 407 g/mol. The lowest BCUT2D eigenvalue weighted by molar-refractivity contribution is -0.0685. The van der Waals surface area contributed by atoms with Crippen LogP contribution in [0.4, 0.5) is 0 Å². The van der Waals surface area contributed by atoms with Gasteiger partial charge in [0.2, 0.25) is 0 Å². The molecule has 0 heterocycles. The summed E-state index contributed by atoms with van der Waals surface area (Å²) in [6.07, 6.45) is 2.22. The number of aryl methyl sites for hydroxylation is 1. The Balaban J connectivity index is 0.00000240. The second-order valence-electron chi connectivity index (χ2n) is 8.14. The topological polar surface area (TPSA) is 12.5 Å². The molecule has 1 aliphatic carbocycles. The largest absolute Gasteiger partial charge is 0.372 e. The maximum Gasteiger partial charge on any atom is 0.106 e. The van der Waals surface area contributed by atoms with Crippen LogP contribution in [0.3, 0.4) is 0 Å². The second kappa shape index (κ2) is 8.71. The van der Waals surface area contributed by atoms with Gasteiger partial charge in [0.25, 0.3) is 0 Å². The summed E-state index contributed by atoms with van der Waals surface area (Å²) in [7, 11) is 6.14. The molecule has 0 saturated heterocycles. The first-order valence-electron chi connectivity index (χ1n) is 10.0. The van der Waals surface area contributed by atoms with E-state index in [1.54, 1.807) is 0 Å². The zero-order chi connectivity index (χ0) is 19.7. The zero-order valence-corrected chi connectivity index (χ0v) is 18.5. The van der Waals surface area contributed by atoms with Gasteiger partial charge in [0.15, 0.2) is 0 Å². The first-order chi connectivity index (χ1) is 13.5. The van der Waals surface area contributed by atoms with Gasteiger partial charge in [-0.15, -0.1) is 12.4 Å². The molecule has 0 bridgehead atoms. The highest BCUT2D eigenvalue weighted by molar-refractivity contribution is 5.85. The van der Waals surface area contributed by atoms with Crippen molar-refractivity contribution in [1.82, 2.24) is 4.90 Å². The fourth-order valence-electron chi connectivity index (χ4n) is 4.67. The second-order valence-corrected chi connectivity index (χ2v) is 8.14. The van der Waals surface area contributed by atoms with Gasteiger partial charge in [0.1, 0.15) is 5.60 Å². The summed E-state index contributed by atoms with van der Waals surface area (Å²) < 4.78 is 6.11. The van der Waals surface area contributed by atoms with Gasteiger partial charge < -0.3 is 9.64 Å². The number of halogens is 1. The predicted molar refractivity (Wildman–Crippen MR) is 125 cm³/mol. The Hall–Kier alpha value is -2.13. The summed E-state index contributed by atoms with van der Waals surface area (Å²) >= 11 is 0. The molecule has 4 rings (SSSR count).